The molecule has 0 unspecified atom stereocenters. The van der Waals surface area contributed by atoms with Crippen molar-refractivity contribution in [1.82, 2.24) is 0 Å². The number of nitrogen functional groups attached to an aromatic ring is 1. The van der Waals surface area contributed by atoms with Crippen molar-refractivity contribution in [2.45, 2.75) is 16.7 Å². The molecule has 31 heavy (non-hydrogen) atoms. The van der Waals surface area contributed by atoms with Crippen LogP contribution in [0.5, 0.6) is 0 Å². The molecule has 1 aliphatic carbocycles. The monoisotopic (exact) mass is 460 g/mol. The third-order valence-corrected chi connectivity index (χ3v) is 6.76. The van der Waals surface area contributed by atoms with Gasteiger partial charge in [0.25, 0.3) is 20.2 Å². The molecule has 0 atom stereocenters. The van der Waals surface area contributed by atoms with Crippen LogP contribution in [0, 0.1) is 12.3 Å². The maximum atomic E-state index is 12.0. The zero-order valence-electron chi connectivity index (χ0n) is 15.9. The van der Waals surface area contributed by atoms with E-state index in [1.807, 2.05) is 0 Å². The fourth-order valence-electron chi connectivity index (χ4n) is 3.59. The summed E-state index contributed by atoms with van der Waals surface area (Å²) in [4.78, 5) is -1.26. The first-order chi connectivity index (χ1) is 14.4. The number of nitrogens with one attached hydrogen (secondary N) is 1. The van der Waals surface area contributed by atoms with Gasteiger partial charge in [-0.25, -0.2) is 0 Å². The Morgan fingerprint density at radius 1 is 0.935 bits per heavy atom. The third-order valence-electron chi connectivity index (χ3n) is 4.93. The van der Waals surface area contributed by atoms with Gasteiger partial charge >= 0.3 is 0 Å². The molecule has 2 aromatic rings. The number of fused-ring (bicyclic) bond motifs is 2. The molecule has 0 aromatic heterocycles. The Hall–Kier alpha value is -3.25. The standard InChI is InChI=1S/C20H16N2O7S2/c1-10-4-2-3-5-11(10)18-12-6-7-14(21)20(31(26,27)28)19(12)29-16-9-15(22)17(8-13(16)18)30(23,24)25/h2-9,22H,21H2,1H3,(H,23,24,25)(H,26,27,28). The van der Waals surface area contributed by atoms with Crippen LogP contribution in [0.15, 0.2) is 62.7 Å². The van der Waals surface area contributed by atoms with E-state index in [2.05, 4.69) is 0 Å². The predicted octanol–water partition coefficient (Wildman–Crippen LogP) is 3.07. The lowest BCUT2D eigenvalue weighted by atomic mass is 9.91. The van der Waals surface area contributed by atoms with Gasteiger partial charge in [-0.3, -0.25) is 14.5 Å². The minimum atomic E-state index is -4.78. The van der Waals surface area contributed by atoms with E-state index < -0.39 is 35.4 Å². The van der Waals surface area contributed by atoms with Gasteiger partial charge in [-0.05, 0) is 36.2 Å². The topological polar surface area (TPSA) is 172 Å². The Bertz CT molecular complexity index is 1620. The van der Waals surface area contributed by atoms with Gasteiger partial charge in [-0.1, -0.05) is 24.3 Å². The summed E-state index contributed by atoms with van der Waals surface area (Å²) < 4.78 is 72.6. The Morgan fingerprint density at radius 3 is 2.23 bits per heavy atom. The average molecular weight is 460 g/mol. The first kappa shape index (κ1) is 21.0. The second-order valence-corrected chi connectivity index (χ2v) is 9.70. The van der Waals surface area contributed by atoms with E-state index in [9.17, 15) is 25.9 Å². The molecule has 0 spiro atoms. The van der Waals surface area contributed by atoms with Crippen LogP contribution >= 0.6 is 0 Å². The van der Waals surface area contributed by atoms with Crippen molar-refractivity contribution in [2.24, 2.45) is 0 Å². The van der Waals surface area contributed by atoms with Crippen molar-refractivity contribution in [1.29, 1.82) is 5.41 Å². The molecule has 1 aliphatic heterocycles. The van der Waals surface area contributed by atoms with Gasteiger partial charge in [0.2, 0.25) is 0 Å². The zero-order valence-corrected chi connectivity index (χ0v) is 17.6. The number of benzene rings is 3. The van der Waals surface area contributed by atoms with Crippen molar-refractivity contribution in [2.75, 3.05) is 5.73 Å². The van der Waals surface area contributed by atoms with E-state index in [0.717, 1.165) is 17.7 Å². The highest BCUT2D eigenvalue weighted by Crippen LogP contribution is 2.44. The quantitative estimate of drug-likeness (QED) is 0.205. The van der Waals surface area contributed by atoms with Crippen molar-refractivity contribution in [3.8, 4) is 22.5 Å². The highest BCUT2D eigenvalue weighted by atomic mass is 32.2. The molecule has 0 amide bonds. The van der Waals surface area contributed by atoms with Gasteiger partial charge in [0.1, 0.15) is 10.7 Å². The van der Waals surface area contributed by atoms with E-state index in [1.165, 1.54) is 12.1 Å². The number of anilines is 1. The van der Waals surface area contributed by atoms with Crippen LogP contribution in [0.1, 0.15) is 5.56 Å². The molecular formula is C20H16N2O7S2. The van der Waals surface area contributed by atoms with Crippen molar-refractivity contribution >= 4 is 36.9 Å². The molecule has 11 heteroatoms. The minimum absolute atomic E-state index is 0.0290. The molecule has 2 aliphatic rings. The van der Waals surface area contributed by atoms with Crippen LogP contribution < -0.4 is 11.1 Å². The number of hydrogen-bond donors (Lipinski definition) is 4. The van der Waals surface area contributed by atoms with E-state index in [-0.39, 0.29) is 28.0 Å². The van der Waals surface area contributed by atoms with Crippen LogP contribution in [-0.4, -0.2) is 25.9 Å². The molecule has 0 saturated carbocycles. The predicted molar refractivity (Wildman–Crippen MR) is 113 cm³/mol. The van der Waals surface area contributed by atoms with Crippen LogP contribution in [0.4, 0.5) is 5.69 Å². The summed E-state index contributed by atoms with van der Waals surface area (Å²) in [5.41, 5.74) is 7.33. The lowest BCUT2D eigenvalue weighted by Crippen LogP contribution is -2.15. The molecule has 160 valence electrons. The summed E-state index contributed by atoms with van der Waals surface area (Å²) in [6, 6.07) is 12.0. The van der Waals surface area contributed by atoms with E-state index >= 15 is 0 Å². The summed E-state index contributed by atoms with van der Waals surface area (Å²) >= 11 is 0. The Labute approximate surface area is 177 Å². The molecule has 0 fully saturated rings. The zero-order chi connectivity index (χ0) is 22.7. The average Bonchev–Trinajstić information content (AvgIpc) is 2.64. The highest BCUT2D eigenvalue weighted by Gasteiger charge is 2.27. The summed E-state index contributed by atoms with van der Waals surface area (Å²) in [6.45, 7) is 1.81. The normalized spacial score (nSPS) is 12.5. The van der Waals surface area contributed by atoms with Crippen LogP contribution in [-0.2, 0) is 20.2 Å². The molecule has 5 N–H and O–H groups in total. The van der Waals surface area contributed by atoms with Gasteiger partial charge in [0.05, 0.1) is 11.0 Å². The first-order valence-corrected chi connectivity index (χ1v) is 11.7. The Kier molecular flexibility index (Phi) is 4.67. The highest BCUT2D eigenvalue weighted by molar-refractivity contribution is 7.86. The fraction of sp³-hybridized carbons (Fsp3) is 0.0500. The SMILES string of the molecule is Cc1ccccc1-c1c2cc(S(=O)(=O)O)c(=N)cc-2oc2c(S(=O)(=O)O)c(N)ccc12. The lowest BCUT2D eigenvalue weighted by molar-refractivity contribution is 0.480. The number of nitrogens with two attached hydrogens (primary N) is 1. The number of aryl methyl sites for hydroxylation is 1. The van der Waals surface area contributed by atoms with Crippen molar-refractivity contribution in [3.05, 3.63) is 59.5 Å². The van der Waals surface area contributed by atoms with E-state index in [4.69, 9.17) is 15.6 Å². The molecule has 1 heterocycles. The molecule has 0 bridgehead atoms. The molecule has 9 nitrogen and oxygen atoms in total. The molecule has 0 saturated heterocycles. The van der Waals surface area contributed by atoms with Crippen LogP contribution in [0.3, 0.4) is 0 Å². The second-order valence-electron chi connectivity index (χ2n) is 6.95. The Balaban J connectivity index is 2.35. The van der Waals surface area contributed by atoms with Gasteiger partial charge in [-0.2, -0.15) is 16.8 Å². The van der Waals surface area contributed by atoms with E-state index in [1.54, 1.807) is 31.2 Å². The van der Waals surface area contributed by atoms with E-state index in [0.29, 0.717) is 11.1 Å². The molecule has 2 aromatic carbocycles. The first-order valence-electron chi connectivity index (χ1n) is 8.78. The smallest absolute Gasteiger partial charge is 0.300 e. The summed E-state index contributed by atoms with van der Waals surface area (Å²) in [6.07, 6.45) is 0. The summed E-state index contributed by atoms with van der Waals surface area (Å²) in [5, 5.41) is 7.65. The fourth-order valence-corrected chi connectivity index (χ4v) is 4.95. The number of rotatable bonds is 3. The molecule has 4 rings (SSSR count). The van der Waals surface area contributed by atoms with Gasteiger partial charge in [-0.15, -0.1) is 0 Å². The lowest BCUT2D eigenvalue weighted by Gasteiger charge is -2.19. The maximum Gasteiger partial charge on any atom is 0.300 e. The molecule has 0 radical (unpaired) electrons. The number of hydrogen-bond acceptors (Lipinski definition) is 7. The largest absolute Gasteiger partial charge is 0.454 e. The van der Waals surface area contributed by atoms with Crippen molar-refractivity contribution < 1.29 is 30.4 Å². The van der Waals surface area contributed by atoms with Gasteiger partial charge < -0.3 is 10.2 Å². The van der Waals surface area contributed by atoms with Gasteiger partial charge in [0, 0.05) is 22.6 Å². The van der Waals surface area contributed by atoms with Gasteiger partial charge in [0.15, 0.2) is 10.5 Å². The molecular weight excluding hydrogens is 444 g/mol. The van der Waals surface area contributed by atoms with Crippen LogP contribution in [0.2, 0.25) is 0 Å². The second kappa shape index (κ2) is 6.89. The Morgan fingerprint density at radius 2 is 1.61 bits per heavy atom. The third kappa shape index (κ3) is 3.47. The minimum Gasteiger partial charge on any atom is -0.454 e. The van der Waals surface area contributed by atoms with Crippen LogP contribution in [0.25, 0.3) is 33.4 Å². The summed E-state index contributed by atoms with van der Waals surface area (Å²) in [7, 11) is -9.49. The maximum absolute atomic E-state index is 12.0. The summed E-state index contributed by atoms with van der Waals surface area (Å²) in [5.74, 6) is -0.0290. The van der Waals surface area contributed by atoms with Crippen molar-refractivity contribution in [3.63, 3.8) is 0 Å².